The van der Waals surface area contributed by atoms with E-state index < -0.39 is 0 Å². The maximum atomic E-state index is 9.69. The van der Waals surface area contributed by atoms with Gasteiger partial charge in [0, 0.05) is 30.7 Å². The standard InChI is InChI=1S/C15H24N2O/c1-3-14(16)13-6-4-5-7-15(13)17-9-8-12(10-17)11(2)18/h4-7,11-12,14,18H,3,8-10,16H2,1-2H3. The number of aliphatic hydroxyl groups is 1. The fourth-order valence-corrected chi connectivity index (χ4v) is 2.71. The summed E-state index contributed by atoms with van der Waals surface area (Å²) in [6.45, 7) is 5.95. The summed E-state index contributed by atoms with van der Waals surface area (Å²) in [6, 6.07) is 8.49. The fourth-order valence-electron chi connectivity index (χ4n) is 2.71. The number of hydrogen-bond acceptors (Lipinski definition) is 3. The number of hydrogen-bond donors (Lipinski definition) is 2. The second kappa shape index (κ2) is 5.72. The quantitative estimate of drug-likeness (QED) is 0.859. The highest BCUT2D eigenvalue weighted by atomic mass is 16.3. The predicted octanol–water partition coefficient (Wildman–Crippen LogP) is 2.30. The van der Waals surface area contributed by atoms with Crippen molar-refractivity contribution < 1.29 is 5.11 Å². The topological polar surface area (TPSA) is 49.5 Å². The van der Waals surface area contributed by atoms with Crippen LogP contribution in [0, 0.1) is 5.92 Å². The van der Waals surface area contributed by atoms with Crippen molar-refractivity contribution >= 4 is 5.69 Å². The van der Waals surface area contributed by atoms with Crippen molar-refractivity contribution in [3.05, 3.63) is 29.8 Å². The minimum Gasteiger partial charge on any atom is -0.393 e. The molecule has 3 nitrogen and oxygen atoms in total. The largest absolute Gasteiger partial charge is 0.393 e. The first-order valence-corrected chi connectivity index (χ1v) is 6.91. The minimum absolute atomic E-state index is 0.104. The molecule has 3 heteroatoms. The van der Waals surface area contributed by atoms with Crippen LogP contribution < -0.4 is 10.6 Å². The molecule has 1 fully saturated rings. The summed E-state index contributed by atoms with van der Waals surface area (Å²) in [5, 5.41) is 9.69. The number of para-hydroxylation sites is 1. The smallest absolute Gasteiger partial charge is 0.0557 e. The van der Waals surface area contributed by atoms with E-state index in [0.29, 0.717) is 5.92 Å². The molecule has 0 amide bonds. The summed E-state index contributed by atoms with van der Waals surface area (Å²) >= 11 is 0. The Hall–Kier alpha value is -1.06. The van der Waals surface area contributed by atoms with E-state index in [-0.39, 0.29) is 12.1 Å². The summed E-state index contributed by atoms with van der Waals surface area (Å²) in [5.74, 6) is 0.385. The molecule has 0 aliphatic carbocycles. The molecule has 0 bridgehead atoms. The van der Waals surface area contributed by atoms with Gasteiger partial charge in [-0.25, -0.2) is 0 Å². The molecule has 1 saturated heterocycles. The number of benzene rings is 1. The average molecular weight is 248 g/mol. The highest BCUT2D eigenvalue weighted by Gasteiger charge is 2.27. The molecule has 0 saturated carbocycles. The number of anilines is 1. The lowest BCUT2D eigenvalue weighted by atomic mass is 10.0. The van der Waals surface area contributed by atoms with E-state index in [9.17, 15) is 5.11 Å². The Morgan fingerprint density at radius 1 is 1.44 bits per heavy atom. The van der Waals surface area contributed by atoms with Crippen LogP contribution in [-0.2, 0) is 0 Å². The van der Waals surface area contributed by atoms with E-state index in [4.69, 9.17) is 5.73 Å². The van der Waals surface area contributed by atoms with Gasteiger partial charge in [-0.3, -0.25) is 0 Å². The van der Waals surface area contributed by atoms with E-state index in [1.165, 1.54) is 11.3 Å². The molecule has 100 valence electrons. The molecule has 18 heavy (non-hydrogen) atoms. The van der Waals surface area contributed by atoms with Gasteiger partial charge in [0.15, 0.2) is 0 Å². The van der Waals surface area contributed by atoms with Crippen LogP contribution in [0.15, 0.2) is 24.3 Å². The van der Waals surface area contributed by atoms with Crippen LogP contribution >= 0.6 is 0 Å². The summed E-state index contributed by atoms with van der Waals surface area (Å²) in [7, 11) is 0. The second-order valence-electron chi connectivity index (χ2n) is 5.31. The first kappa shape index (κ1) is 13.4. The molecule has 1 aliphatic heterocycles. The van der Waals surface area contributed by atoms with Crippen molar-refractivity contribution in [2.45, 2.75) is 38.8 Å². The van der Waals surface area contributed by atoms with Crippen LogP contribution in [0.2, 0.25) is 0 Å². The van der Waals surface area contributed by atoms with Gasteiger partial charge >= 0.3 is 0 Å². The maximum absolute atomic E-state index is 9.69. The predicted molar refractivity (Wildman–Crippen MR) is 75.7 cm³/mol. The summed E-state index contributed by atoms with van der Waals surface area (Å²) < 4.78 is 0. The van der Waals surface area contributed by atoms with E-state index in [1.807, 2.05) is 6.92 Å². The van der Waals surface area contributed by atoms with Crippen LogP contribution in [0.3, 0.4) is 0 Å². The van der Waals surface area contributed by atoms with Gasteiger partial charge in [0.25, 0.3) is 0 Å². The third-order valence-electron chi connectivity index (χ3n) is 4.02. The number of nitrogens with zero attached hydrogens (tertiary/aromatic N) is 1. The molecule has 1 heterocycles. The lowest BCUT2D eigenvalue weighted by Crippen LogP contribution is -2.25. The number of aliphatic hydroxyl groups excluding tert-OH is 1. The van der Waals surface area contributed by atoms with Crippen molar-refractivity contribution in [2.24, 2.45) is 11.7 Å². The zero-order valence-corrected chi connectivity index (χ0v) is 11.3. The first-order chi connectivity index (χ1) is 8.63. The SMILES string of the molecule is CCC(N)c1ccccc1N1CCC(C(C)O)C1. The van der Waals surface area contributed by atoms with Crippen LogP contribution in [-0.4, -0.2) is 24.3 Å². The lowest BCUT2D eigenvalue weighted by molar-refractivity contribution is 0.136. The summed E-state index contributed by atoms with van der Waals surface area (Å²) in [5.41, 5.74) is 8.65. The fraction of sp³-hybridized carbons (Fsp3) is 0.600. The molecule has 1 aromatic rings. The third kappa shape index (κ3) is 2.68. The molecule has 3 N–H and O–H groups in total. The van der Waals surface area contributed by atoms with Crippen LogP contribution in [0.5, 0.6) is 0 Å². The molecule has 2 rings (SSSR count). The maximum Gasteiger partial charge on any atom is 0.0557 e. The average Bonchev–Trinajstić information content (AvgIpc) is 2.87. The molecule has 1 aliphatic rings. The Balaban J connectivity index is 2.19. The Labute approximate surface area is 110 Å². The molecule has 3 atom stereocenters. The normalized spacial score (nSPS) is 23.1. The van der Waals surface area contributed by atoms with Crippen molar-refractivity contribution in [3.8, 4) is 0 Å². The molecular formula is C15H24N2O. The number of rotatable bonds is 4. The molecule has 0 aromatic heterocycles. The van der Waals surface area contributed by atoms with Crippen molar-refractivity contribution in [2.75, 3.05) is 18.0 Å². The first-order valence-electron chi connectivity index (χ1n) is 6.91. The Morgan fingerprint density at radius 2 is 2.17 bits per heavy atom. The Morgan fingerprint density at radius 3 is 2.78 bits per heavy atom. The van der Waals surface area contributed by atoms with Gasteiger partial charge in [-0.1, -0.05) is 25.1 Å². The van der Waals surface area contributed by atoms with E-state index in [2.05, 4.69) is 36.1 Å². The second-order valence-corrected chi connectivity index (χ2v) is 5.31. The van der Waals surface area contributed by atoms with Gasteiger partial charge in [0.1, 0.15) is 0 Å². The Bertz CT molecular complexity index is 392. The zero-order chi connectivity index (χ0) is 13.1. The molecule has 0 spiro atoms. The van der Waals surface area contributed by atoms with Gasteiger partial charge < -0.3 is 15.7 Å². The molecular weight excluding hydrogens is 224 g/mol. The van der Waals surface area contributed by atoms with Gasteiger partial charge in [0.2, 0.25) is 0 Å². The van der Waals surface area contributed by atoms with Gasteiger partial charge in [-0.15, -0.1) is 0 Å². The van der Waals surface area contributed by atoms with E-state index >= 15 is 0 Å². The zero-order valence-electron chi connectivity index (χ0n) is 11.3. The van der Waals surface area contributed by atoms with Crippen LogP contribution in [0.1, 0.15) is 38.3 Å². The van der Waals surface area contributed by atoms with Gasteiger partial charge in [0.05, 0.1) is 6.10 Å². The third-order valence-corrected chi connectivity index (χ3v) is 4.02. The van der Waals surface area contributed by atoms with E-state index in [1.54, 1.807) is 0 Å². The van der Waals surface area contributed by atoms with Gasteiger partial charge in [-0.05, 0) is 31.4 Å². The van der Waals surface area contributed by atoms with Crippen LogP contribution in [0.4, 0.5) is 5.69 Å². The number of nitrogens with two attached hydrogens (primary N) is 1. The Kier molecular flexibility index (Phi) is 4.25. The molecule has 0 radical (unpaired) electrons. The molecule has 3 unspecified atom stereocenters. The lowest BCUT2D eigenvalue weighted by Gasteiger charge is -2.25. The van der Waals surface area contributed by atoms with Crippen molar-refractivity contribution in [1.29, 1.82) is 0 Å². The van der Waals surface area contributed by atoms with Crippen molar-refractivity contribution in [3.63, 3.8) is 0 Å². The summed E-state index contributed by atoms with van der Waals surface area (Å²) in [6.07, 6.45) is 1.79. The van der Waals surface area contributed by atoms with Crippen molar-refractivity contribution in [1.82, 2.24) is 0 Å². The van der Waals surface area contributed by atoms with Crippen LogP contribution in [0.25, 0.3) is 0 Å². The minimum atomic E-state index is -0.220. The highest BCUT2D eigenvalue weighted by molar-refractivity contribution is 5.55. The monoisotopic (exact) mass is 248 g/mol. The molecule has 1 aromatic carbocycles. The van der Waals surface area contributed by atoms with Gasteiger partial charge in [-0.2, -0.15) is 0 Å². The van der Waals surface area contributed by atoms with E-state index in [0.717, 1.165) is 25.9 Å². The summed E-state index contributed by atoms with van der Waals surface area (Å²) in [4.78, 5) is 2.36. The highest BCUT2D eigenvalue weighted by Crippen LogP contribution is 2.31.